The molecule has 0 heterocycles. The summed E-state index contributed by atoms with van der Waals surface area (Å²) in [6.07, 6.45) is -4.88. The molecular formula is C10H18F3NO4S. The molecule has 0 aliphatic heterocycles. The van der Waals surface area contributed by atoms with Gasteiger partial charge in [0.05, 0.1) is 5.75 Å². The van der Waals surface area contributed by atoms with Crippen molar-refractivity contribution < 1.29 is 31.5 Å². The minimum Gasteiger partial charge on any atom is -0.480 e. The second-order valence-corrected chi connectivity index (χ2v) is 6.06. The van der Waals surface area contributed by atoms with E-state index in [2.05, 4.69) is 0 Å². The minimum absolute atomic E-state index is 0.115. The molecule has 0 radical (unpaired) electrons. The summed E-state index contributed by atoms with van der Waals surface area (Å²) in [5.41, 5.74) is 0. The third-order valence-electron chi connectivity index (χ3n) is 2.34. The summed E-state index contributed by atoms with van der Waals surface area (Å²) >= 11 is 0. The van der Waals surface area contributed by atoms with E-state index in [1.807, 2.05) is 11.6 Å². The number of carboxylic acid groups (broad SMARTS) is 1. The first kappa shape index (κ1) is 18.2. The Morgan fingerprint density at radius 1 is 1.32 bits per heavy atom. The van der Waals surface area contributed by atoms with E-state index in [9.17, 15) is 26.4 Å². The van der Waals surface area contributed by atoms with E-state index in [1.54, 1.807) is 0 Å². The van der Waals surface area contributed by atoms with Crippen molar-refractivity contribution in [2.24, 2.45) is 0 Å². The maximum absolute atomic E-state index is 11.9. The zero-order valence-electron chi connectivity index (χ0n) is 10.5. The minimum atomic E-state index is -4.41. The van der Waals surface area contributed by atoms with Crippen molar-refractivity contribution >= 4 is 16.0 Å². The van der Waals surface area contributed by atoms with Gasteiger partial charge in [-0.05, 0) is 12.8 Å². The number of carbonyl (C=O) groups is 1. The molecular weight excluding hydrogens is 287 g/mol. The lowest BCUT2D eigenvalue weighted by Crippen LogP contribution is -2.41. The lowest BCUT2D eigenvalue weighted by atomic mass is 10.1. The Kier molecular flexibility index (Phi) is 7.35. The van der Waals surface area contributed by atoms with Gasteiger partial charge in [0.25, 0.3) is 0 Å². The maximum Gasteiger partial charge on any atom is 0.389 e. The average Bonchev–Trinajstić information content (AvgIpc) is 2.21. The Hall–Kier alpha value is -0.830. The predicted molar refractivity (Wildman–Crippen MR) is 63.2 cm³/mol. The fourth-order valence-electron chi connectivity index (χ4n) is 1.38. The van der Waals surface area contributed by atoms with Crippen LogP contribution in [-0.4, -0.2) is 37.5 Å². The highest BCUT2D eigenvalue weighted by atomic mass is 32.2. The third-order valence-corrected chi connectivity index (χ3v) is 3.81. The van der Waals surface area contributed by atoms with Crippen LogP contribution in [0.1, 0.15) is 39.0 Å². The summed E-state index contributed by atoms with van der Waals surface area (Å²) in [7, 11) is -4.01. The number of alkyl halides is 3. The monoisotopic (exact) mass is 305 g/mol. The van der Waals surface area contributed by atoms with Gasteiger partial charge in [-0.2, -0.15) is 13.2 Å². The molecule has 0 bridgehead atoms. The highest BCUT2D eigenvalue weighted by Gasteiger charge is 2.28. The van der Waals surface area contributed by atoms with Gasteiger partial charge in [0.2, 0.25) is 10.0 Å². The van der Waals surface area contributed by atoms with E-state index in [0.717, 1.165) is 0 Å². The average molecular weight is 305 g/mol. The Balaban J connectivity index is 4.35. The van der Waals surface area contributed by atoms with Crippen LogP contribution in [0.25, 0.3) is 0 Å². The molecule has 19 heavy (non-hydrogen) atoms. The van der Waals surface area contributed by atoms with E-state index < -0.39 is 46.8 Å². The van der Waals surface area contributed by atoms with Crippen LogP contribution in [0.15, 0.2) is 0 Å². The second-order valence-electron chi connectivity index (χ2n) is 4.19. The number of carboxylic acids is 1. The molecule has 0 rings (SSSR count). The van der Waals surface area contributed by atoms with Crippen molar-refractivity contribution in [1.29, 1.82) is 0 Å². The lowest BCUT2D eigenvalue weighted by Gasteiger charge is -2.14. The second kappa shape index (κ2) is 7.68. The number of aliphatic carboxylic acids is 1. The van der Waals surface area contributed by atoms with E-state index in [1.165, 1.54) is 0 Å². The van der Waals surface area contributed by atoms with Crippen molar-refractivity contribution in [3.05, 3.63) is 0 Å². The number of rotatable bonds is 9. The summed E-state index contributed by atoms with van der Waals surface area (Å²) in [6, 6.07) is -1.28. The van der Waals surface area contributed by atoms with Gasteiger partial charge in [-0.25, -0.2) is 13.1 Å². The Morgan fingerprint density at radius 2 is 1.89 bits per heavy atom. The topological polar surface area (TPSA) is 83.5 Å². The molecule has 0 saturated carbocycles. The van der Waals surface area contributed by atoms with Gasteiger partial charge >= 0.3 is 12.1 Å². The summed E-state index contributed by atoms with van der Waals surface area (Å²) in [6.45, 7) is 1.82. The molecule has 9 heteroatoms. The van der Waals surface area contributed by atoms with Crippen LogP contribution in [0, 0.1) is 0 Å². The molecule has 0 aliphatic rings. The highest BCUT2D eigenvalue weighted by molar-refractivity contribution is 7.89. The molecule has 0 aliphatic carbocycles. The first-order chi connectivity index (χ1) is 8.57. The molecule has 0 spiro atoms. The number of hydrogen-bond donors (Lipinski definition) is 2. The summed E-state index contributed by atoms with van der Waals surface area (Å²) < 4.78 is 60.5. The summed E-state index contributed by atoms with van der Waals surface area (Å²) in [4.78, 5) is 10.8. The zero-order valence-corrected chi connectivity index (χ0v) is 11.4. The van der Waals surface area contributed by atoms with E-state index in [4.69, 9.17) is 5.11 Å². The molecule has 2 N–H and O–H groups in total. The number of halogens is 3. The van der Waals surface area contributed by atoms with Crippen LogP contribution < -0.4 is 4.72 Å². The number of hydrogen-bond acceptors (Lipinski definition) is 3. The van der Waals surface area contributed by atoms with Gasteiger partial charge in [-0.15, -0.1) is 0 Å². The first-order valence-corrected chi connectivity index (χ1v) is 7.52. The number of unbranched alkanes of at least 4 members (excludes halogenated alkanes) is 1. The fourth-order valence-corrected chi connectivity index (χ4v) is 2.67. The predicted octanol–water partition coefficient (Wildman–Crippen LogP) is 1.89. The van der Waals surface area contributed by atoms with Crippen LogP contribution in [0.5, 0.6) is 0 Å². The largest absolute Gasteiger partial charge is 0.480 e. The van der Waals surface area contributed by atoms with Crippen LogP contribution in [0.2, 0.25) is 0 Å². The van der Waals surface area contributed by atoms with Crippen LogP contribution in [0.4, 0.5) is 13.2 Å². The van der Waals surface area contributed by atoms with Crippen LogP contribution in [-0.2, 0) is 14.8 Å². The van der Waals surface area contributed by atoms with Crippen LogP contribution >= 0.6 is 0 Å². The van der Waals surface area contributed by atoms with Crippen molar-refractivity contribution in [2.45, 2.75) is 51.2 Å². The van der Waals surface area contributed by atoms with E-state index >= 15 is 0 Å². The Labute approximate surface area is 110 Å². The molecule has 0 saturated heterocycles. The SMILES string of the molecule is CCCCC(NS(=O)(=O)CCCC(F)(F)F)C(=O)O. The van der Waals surface area contributed by atoms with Gasteiger partial charge in [-0.1, -0.05) is 19.8 Å². The number of nitrogens with one attached hydrogen (secondary N) is 1. The fraction of sp³-hybridized carbons (Fsp3) is 0.900. The molecule has 0 fully saturated rings. The molecule has 0 amide bonds. The van der Waals surface area contributed by atoms with Gasteiger partial charge in [-0.3, -0.25) is 4.79 Å². The van der Waals surface area contributed by atoms with E-state index in [-0.39, 0.29) is 6.42 Å². The zero-order chi connectivity index (χ0) is 15.1. The third kappa shape index (κ3) is 9.71. The smallest absolute Gasteiger partial charge is 0.389 e. The molecule has 5 nitrogen and oxygen atoms in total. The summed E-state index contributed by atoms with van der Waals surface area (Å²) in [5, 5.41) is 8.81. The van der Waals surface area contributed by atoms with Gasteiger partial charge in [0.1, 0.15) is 6.04 Å². The molecule has 114 valence electrons. The molecule has 1 atom stereocenters. The quantitative estimate of drug-likeness (QED) is 0.681. The normalized spacial score (nSPS) is 14.3. The van der Waals surface area contributed by atoms with Crippen LogP contribution in [0.3, 0.4) is 0 Å². The number of sulfonamides is 1. The maximum atomic E-state index is 11.9. The van der Waals surface area contributed by atoms with Crippen molar-refractivity contribution in [3.63, 3.8) is 0 Å². The molecule has 0 aromatic carbocycles. The van der Waals surface area contributed by atoms with Gasteiger partial charge in [0.15, 0.2) is 0 Å². The van der Waals surface area contributed by atoms with Crippen molar-refractivity contribution in [3.8, 4) is 0 Å². The first-order valence-electron chi connectivity index (χ1n) is 5.87. The highest BCUT2D eigenvalue weighted by Crippen LogP contribution is 2.21. The standard InChI is InChI=1S/C10H18F3NO4S/c1-2-3-5-8(9(15)16)14-19(17,18)7-4-6-10(11,12)13/h8,14H,2-7H2,1H3,(H,15,16). The van der Waals surface area contributed by atoms with Gasteiger partial charge in [0, 0.05) is 6.42 Å². The van der Waals surface area contributed by atoms with E-state index in [0.29, 0.717) is 12.8 Å². The molecule has 0 aromatic rings. The molecule has 0 aromatic heterocycles. The lowest BCUT2D eigenvalue weighted by molar-refractivity contribution is -0.139. The van der Waals surface area contributed by atoms with Gasteiger partial charge < -0.3 is 5.11 Å². The van der Waals surface area contributed by atoms with Crippen molar-refractivity contribution in [2.75, 3.05) is 5.75 Å². The Bertz CT molecular complexity index is 381. The Morgan fingerprint density at radius 3 is 2.32 bits per heavy atom. The molecule has 1 unspecified atom stereocenters. The summed E-state index contributed by atoms with van der Waals surface area (Å²) in [5.74, 6) is -2.06. The van der Waals surface area contributed by atoms with Crippen molar-refractivity contribution in [1.82, 2.24) is 4.72 Å².